The van der Waals surface area contributed by atoms with Gasteiger partial charge in [-0.15, -0.1) is 0 Å². The minimum Gasteiger partial charge on any atom is -0.478 e. The molecule has 0 radical (unpaired) electrons. The largest absolute Gasteiger partial charge is 0.478 e. The number of benzene rings is 1. The van der Waals surface area contributed by atoms with Crippen LogP contribution in [0.25, 0.3) is 0 Å². The maximum Gasteiger partial charge on any atom is 0.337 e. The number of anilines is 1. The van der Waals surface area contributed by atoms with Crippen LogP contribution in [0.5, 0.6) is 0 Å². The second-order valence-electron chi connectivity index (χ2n) is 5.46. The fraction of sp³-hybridized carbons (Fsp3) is 0.467. The maximum atomic E-state index is 12.1. The first-order chi connectivity index (χ1) is 9.97. The molecule has 1 saturated carbocycles. The molecule has 0 aliphatic heterocycles. The highest BCUT2D eigenvalue weighted by Crippen LogP contribution is 2.25. The van der Waals surface area contributed by atoms with Crippen molar-refractivity contribution in [2.45, 2.75) is 38.6 Å². The predicted octanol–water partition coefficient (Wildman–Crippen LogP) is 3.85. The number of carbonyl (C=O) groups excluding carboxylic acids is 1. The van der Waals surface area contributed by atoms with E-state index in [2.05, 4.69) is 33.5 Å². The molecule has 2 atom stereocenters. The zero-order chi connectivity index (χ0) is 15.4. The second-order valence-corrected chi connectivity index (χ2v) is 6.38. The second kappa shape index (κ2) is 6.93. The van der Waals surface area contributed by atoms with Crippen LogP contribution in [0.4, 0.5) is 10.5 Å². The molecule has 0 aromatic heterocycles. The zero-order valence-electron chi connectivity index (χ0n) is 11.9. The first-order valence-electron chi connectivity index (χ1n) is 7.07. The Kier molecular flexibility index (Phi) is 5.22. The zero-order valence-corrected chi connectivity index (χ0v) is 13.4. The van der Waals surface area contributed by atoms with Gasteiger partial charge in [-0.3, -0.25) is 0 Å². The van der Waals surface area contributed by atoms with Crippen LogP contribution < -0.4 is 10.6 Å². The number of hydrogen-bond acceptors (Lipinski definition) is 2. The summed E-state index contributed by atoms with van der Waals surface area (Å²) in [5, 5.41) is 14.7. The van der Waals surface area contributed by atoms with Crippen molar-refractivity contribution in [2.24, 2.45) is 5.92 Å². The van der Waals surface area contributed by atoms with E-state index in [9.17, 15) is 9.59 Å². The normalized spacial score (nSPS) is 21.6. The number of halogens is 1. The molecule has 0 heterocycles. The van der Waals surface area contributed by atoms with Gasteiger partial charge < -0.3 is 15.7 Å². The highest BCUT2D eigenvalue weighted by Gasteiger charge is 2.23. The lowest BCUT2D eigenvalue weighted by Crippen LogP contribution is -2.43. The summed E-state index contributed by atoms with van der Waals surface area (Å²) < 4.78 is 0.717. The molecule has 1 aliphatic rings. The molecule has 0 saturated heterocycles. The SMILES string of the molecule is CC1CCCCC1NC(=O)Nc1cc(Br)ccc1C(=O)O. The summed E-state index contributed by atoms with van der Waals surface area (Å²) in [6.07, 6.45) is 4.41. The Balaban J connectivity index is 2.05. The van der Waals surface area contributed by atoms with Crippen molar-refractivity contribution in [3.63, 3.8) is 0 Å². The molecule has 1 aromatic rings. The fourth-order valence-corrected chi connectivity index (χ4v) is 3.02. The molecule has 5 nitrogen and oxygen atoms in total. The van der Waals surface area contributed by atoms with Crippen LogP contribution >= 0.6 is 15.9 Å². The summed E-state index contributed by atoms with van der Waals surface area (Å²) >= 11 is 3.28. The Hall–Kier alpha value is -1.56. The molecule has 6 heteroatoms. The molecule has 3 N–H and O–H groups in total. The lowest BCUT2D eigenvalue weighted by atomic mass is 9.86. The summed E-state index contributed by atoms with van der Waals surface area (Å²) in [6, 6.07) is 4.49. The highest BCUT2D eigenvalue weighted by atomic mass is 79.9. The van der Waals surface area contributed by atoms with E-state index in [1.165, 1.54) is 12.5 Å². The van der Waals surface area contributed by atoms with Crippen LogP contribution in [-0.2, 0) is 0 Å². The van der Waals surface area contributed by atoms with Gasteiger partial charge in [-0.05, 0) is 37.0 Å². The average Bonchev–Trinajstić information content (AvgIpc) is 2.41. The van der Waals surface area contributed by atoms with Crippen LogP contribution in [0.3, 0.4) is 0 Å². The minimum absolute atomic E-state index is 0.0741. The van der Waals surface area contributed by atoms with Crippen molar-refractivity contribution in [3.05, 3.63) is 28.2 Å². The number of rotatable bonds is 3. The van der Waals surface area contributed by atoms with E-state index in [0.717, 1.165) is 19.3 Å². The van der Waals surface area contributed by atoms with E-state index in [4.69, 9.17) is 5.11 Å². The van der Waals surface area contributed by atoms with Gasteiger partial charge in [0.05, 0.1) is 11.3 Å². The van der Waals surface area contributed by atoms with Gasteiger partial charge in [0.15, 0.2) is 0 Å². The summed E-state index contributed by atoms with van der Waals surface area (Å²) in [5.41, 5.74) is 0.364. The van der Waals surface area contributed by atoms with Crippen LogP contribution in [0.1, 0.15) is 43.0 Å². The molecule has 0 spiro atoms. The number of carboxylic acid groups (broad SMARTS) is 1. The van der Waals surface area contributed by atoms with Crippen LogP contribution in [0.2, 0.25) is 0 Å². The number of amides is 2. The summed E-state index contributed by atoms with van der Waals surface area (Å²) in [6.45, 7) is 2.13. The van der Waals surface area contributed by atoms with Crippen molar-refractivity contribution < 1.29 is 14.7 Å². The van der Waals surface area contributed by atoms with Crippen LogP contribution in [0, 0.1) is 5.92 Å². The first kappa shape index (κ1) is 15.8. The number of nitrogens with one attached hydrogen (secondary N) is 2. The lowest BCUT2D eigenvalue weighted by Gasteiger charge is -2.29. The maximum absolute atomic E-state index is 12.1. The third-order valence-electron chi connectivity index (χ3n) is 3.89. The molecule has 1 fully saturated rings. The number of urea groups is 1. The minimum atomic E-state index is -1.07. The van der Waals surface area contributed by atoms with Gasteiger partial charge in [-0.25, -0.2) is 9.59 Å². The molecule has 114 valence electrons. The van der Waals surface area contributed by atoms with Crippen molar-refractivity contribution >= 4 is 33.6 Å². The highest BCUT2D eigenvalue weighted by molar-refractivity contribution is 9.10. The molecule has 2 unspecified atom stereocenters. The first-order valence-corrected chi connectivity index (χ1v) is 7.87. The molecule has 21 heavy (non-hydrogen) atoms. The monoisotopic (exact) mass is 354 g/mol. The Labute approximate surface area is 132 Å². The van der Waals surface area contributed by atoms with E-state index >= 15 is 0 Å². The van der Waals surface area contributed by atoms with Gasteiger partial charge in [0, 0.05) is 10.5 Å². The fourth-order valence-electron chi connectivity index (χ4n) is 2.66. The number of carbonyl (C=O) groups is 2. The van der Waals surface area contributed by atoms with Crippen molar-refractivity contribution in [3.8, 4) is 0 Å². The molecule has 1 aromatic carbocycles. The van der Waals surface area contributed by atoms with Gasteiger partial charge in [0.1, 0.15) is 0 Å². The Morgan fingerprint density at radius 2 is 2.00 bits per heavy atom. The standard InChI is InChI=1S/C15H19BrN2O3/c1-9-4-2-3-5-12(9)17-15(21)18-13-8-10(16)6-7-11(13)14(19)20/h6-9,12H,2-5H2,1H3,(H,19,20)(H2,17,18,21). The summed E-state index contributed by atoms with van der Waals surface area (Å²) in [5.74, 6) is -0.616. The van der Waals surface area contributed by atoms with Gasteiger partial charge in [0.25, 0.3) is 0 Å². The van der Waals surface area contributed by atoms with E-state index < -0.39 is 5.97 Å². The van der Waals surface area contributed by atoms with Gasteiger partial charge in [0.2, 0.25) is 0 Å². The molecular formula is C15H19BrN2O3. The van der Waals surface area contributed by atoms with Crippen LogP contribution in [-0.4, -0.2) is 23.1 Å². The van der Waals surface area contributed by atoms with E-state index in [0.29, 0.717) is 10.4 Å². The van der Waals surface area contributed by atoms with Gasteiger partial charge in [-0.2, -0.15) is 0 Å². The van der Waals surface area contributed by atoms with Crippen LogP contribution in [0.15, 0.2) is 22.7 Å². The van der Waals surface area contributed by atoms with Crippen molar-refractivity contribution in [1.29, 1.82) is 0 Å². The van der Waals surface area contributed by atoms with E-state index in [1.54, 1.807) is 12.1 Å². The Bertz CT molecular complexity index is 548. The topological polar surface area (TPSA) is 78.4 Å². The number of carboxylic acids is 1. The lowest BCUT2D eigenvalue weighted by molar-refractivity contribution is 0.0698. The van der Waals surface area contributed by atoms with Gasteiger partial charge >= 0.3 is 12.0 Å². The number of aromatic carboxylic acids is 1. The number of hydrogen-bond donors (Lipinski definition) is 3. The summed E-state index contributed by atoms with van der Waals surface area (Å²) in [7, 11) is 0. The average molecular weight is 355 g/mol. The smallest absolute Gasteiger partial charge is 0.337 e. The predicted molar refractivity (Wildman–Crippen MR) is 84.7 cm³/mol. The van der Waals surface area contributed by atoms with Crippen molar-refractivity contribution in [1.82, 2.24) is 5.32 Å². The van der Waals surface area contributed by atoms with E-state index in [-0.39, 0.29) is 23.3 Å². The molecule has 1 aliphatic carbocycles. The third kappa shape index (κ3) is 4.20. The molecule has 2 rings (SSSR count). The quantitative estimate of drug-likeness (QED) is 0.771. The molecular weight excluding hydrogens is 336 g/mol. The third-order valence-corrected chi connectivity index (χ3v) is 4.38. The Morgan fingerprint density at radius 3 is 2.67 bits per heavy atom. The summed E-state index contributed by atoms with van der Waals surface area (Å²) in [4.78, 5) is 23.3. The van der Waals surface area contributed by atoms with E-state index in [1.807, 2.05) is 0 Å². The Morgan fingerprint density at radius 1 is 1.29 bits per heavy atom. The van der Waals surface area contributed by atoms with Gasteiger partial charge in [-0.1, -0.05) is 35.7 Å². The molecule has 2 amide bonds. The molecule has 0 bridgehead atoms. The van der Waals surface area contributed by atoms with Crippen molar-refractivity contribution in [2.75, 3.05) is 5.32 Å².